The van der Waals surface area contributed by atoms with E-state index in [1.807, 2.05) is 17.5 Å². The third kappa shape index (κ3) is 8.89. The molecule has 0 saturated heterocycles. The predicted molar refractivity (Wildman–Crippen MR) is 110 cm³/mol. The minimum atomic E-state index is -4.79. The number of nitrogens with two attached hydrogens (primary N) is 1. The molecule has 1 aromatic heterocycles. The Morgan fingerprint density at radius 3 is 2.48 bits per heavy atom. The van der Waals surface area contributed by atoms with Gasteiger partial charge in [-0.05, 0) is 54.8 Å². The summed E-state index contributed by atoms with van der Waals surface area (Å²) in [6.45, 7) is -1.17. The average Bonchev–Trinajstić information content (AvgIpc) is 3.21. The van der Waals surface area contributed by atoms with Crippen molar-refractivity contribution in [1.29, 1.82) is 0 Å². The van der Waals surface area contributed by atoms with E-state index in [0.717, 1.165) is 10.9 Å². The fourth-order valence-electron chi connectivity index (χ4n) is 2.77. The third-order valence-electron chi connectivity index (χ3n) is 4.50. The van der Waals surface area contributed by atoms with Crippen LogP contribution in [-0.4, -0.2) is 40.3 Å². The first kappa shape index (κ1) is 25.8. The van der Waals surface area contributed by atoms with Crippen molar-refractivity contribution in [3.8, 4) is 5.75 Å². The third-order valence-corrected chi connectivity index (χ3v) is 5.90. The van der Waals surface area contributed by atoms with Gasteiger partial charge in [0.25, 0.3) is 0 Å². The molecule has 1 heterocycles. The molecule has 0 aliphatic heterocycles. The lowest BCUT2D eigenvalue weighted by molar-refractivity contribution is -0.139. The van der Waals surface area contributed by atoms with Crippen LogP contribution in [0.15, 0.2) is 35.7 Å². The summed E-state index contributed by atoms with van der Waals surface area (Å²) in [4.78, 5) is 18.7. The quantitative estimate of drug-likeness (QED) is 0.269. The van der Waals surface area contributed by atoms with E-state index in [2.05, 4.69) is 4.52 Å². The molecule has 1 atom stereocenters. The average molecular weight is 483 g/mol. The Labute approximate surface area is 181 Å². The maximum absolute atomic E-state index is 13.5. The lowest BCUT2D eigenvalue weighted by Crippen LogP contribution is -2.48. The fourth-order valence-corrected chi connectivity index (χ4v) is 3.94. The van der Waals surface area contributed by atoms with Crippen molar-refractivity contribution in [2.24, 2.45) is 5.73 Å². The highest BCUT2D eigenvalue weighted by Crippen LogP contribution is 2.38. The number of alkyl halides is 3. The van der Waals surface area contributed by atoms with Gasteiger partial charge in [0.15, 0.2) is 0 Å². The molecule has 12 heteroatoms. The van der Waals surface area contributed by atoms with Crippen LogP contribution in [0.3, 0.4) is 0 Å². The van der Waals surface area contributed by atoms with Crippen molar-refractivity contribution in [3.63, 3.8) is 0 Å². The fraction of sp³-hybridized carbons (Fsp3) is 0.474. The highest BCUT2D eigenvalue weighted by molar-refractivity contribution is 7.46. The monoisotopic (exact) mass is 483 g/mol. The van der Waals surface area contributed by atoms with Gasteiger partial charge in [-0.3, -0.25) is 4.52 Å². The standard InChI is InChI=1S/C19H25F3NO6PS/c20-19(21,22)16-11-14(7-8-18(23,12-24)13-29-30(25,26)27)5-6-17(16)28-9-1-3-15-4-2-10-31-15/h2,4-6,10-11,24H,1,3,7-9,12-13,23H2,(H2,25,26,27). The van der Waals surface area contributed by atoms with Crippen LogP contribution in [0.25, 0.3) is 0 Å². The van der Waals surface area contributed by atoms with Crippen molar-refractivity contribution in [2.75, 3.05) is 19.8 Å². The van der Waals surface area contributed by atoms with Gasteiger partial charge in [-0.1, -0.05) is 12.1 Å². The van der Waals surface area contributed by atoms with E-state index in [9.17, 15) is 22.8 Å². The van der Waals surface area contributed by atoms with Crippen LogP contribution < -0.4 is 10.5 Å². The summed E-state index contributed by atoms with van der Waals surface area (Å²) in [7, 11) is -4.79. The van der Waals surface area contributed by atoms with Gasteiger partial charge >= 0.3 is 14.0 Å². The second kappa shape index (κ2) is 10.9. The van der Waals surface area contributed by atoms with E-state index in [4.69, 9.17) is 20.3 Å². The van der Waals surface area contributed by atoms with Gasteiger partial charge in [0, 0.05) is 4.88 Å². The summed E-state index contributed by atoms with van der Waals surface area (Å²) >= 11 is 1.58. The largest absolute Gasteiger partial charge is 0.493 e. The van der Waals surface area contributed by atoms with E-state index < -0.39 is 38.3 Å². The van der Waals surface area contributed by atoms with Crippen LogP contribution in [-0.2, 0) is 28.1 Å². The molecule has 31 heavy (non-hydrogen) atoms. The minimum Gasteiger partial charge on any atom is -0.493 e. The Morgan fingerprint density at radius 1 is 1.16 bits per heavy atom. The Bertz CT molecular complexity index is 874. The first-order valence-electron chi connectivity index (χ1n) is 9.37. The number of aliphatic hydroxyl groups is 1. The van der Waals surface area contributed by atoms with Crippen LogP contribution in [0.2, 0.25) is 0 Å². The number of phosphoric acid groups is 1. The number of phosphoric ester groups is 1. The predicted octanol–water partition coefficient (Wildman–Crippen LogP) is 3.51. The van der Waals surface area contributed by atoms with Crippen LogP contribution >= 0.6 is 19.2 Å². The van der Waals surface area contributed by atoms with Gasteiger partial charge in [-0.2, -0.15) is 13.2 Å². The summed E-state index contributed by atoms with van der Waals surface area (Å²) in [6, 6.07) is 7.52. The molecular formula is C19H25F3NO6PS. The van der Waals surface area contributed by atoms with Crippen molar-refractivity contribution in [1.82, 2.24) is 0 Å². The van der Waals surface area contributed by atoms with E-state index in [0.29, 0.717) is 12.8 Å². The molecule has 174 valence electrons. The highest BCUT2D eigenvalue weighted by atomic mass is 32.1. The first-order valence-corrected chi connectivity index (χ1v) is 11.8. The van der Waals surface area contributed by atoms with E-state index in [1.165, 1.54) is 12.1 Å². The highest BCUT2D eigenvalue weighted by Gasteiger charge is 2.35. The number of hydrogen-bond acceptors (Lipinski definition) is 6. The topological polar surface area (TPSA) is 122 Å². The summed E-state index contributed by atoms with van der Waals surface area (Å²) in [5.74, 6) is -0.270. The first-order chi connectivity index (χ1) is 14.4. The molecular weight excluding hydrogens is 458 g/mol. The zero-order valence-corrected chi connectivity index (χ0v) is 18.3. The number of aliphatic hydroxyl groups excluding tert-OH is 1. The van der Waals surface area contributed by atoms with Gasteiger partial charge in [0.05, 0.1) is 30.9 Å². The molecule has 0 saturated carbocycles. The van der Waals surface area contributed by atoms with Crippen molar-refractivity contribution >= 4 is 19.2 Å². The molecule has 2 rings (SSSR count). The molecule has 0 fully saturated rings. The van der Waals surface area contributed by atoms with E-state index >= 15 is 0 Å². The second-order valence-corrected chi connectivity index (χ2v) is 9.42. The maximum Gasteiger partial charge on any atom is 0.469 e. The summed E-state index contributed by atoms with van der Waals surface area (Å²) in [6.07, 6.45) is -3.36. The number of rotatable bonds is 12. The Kier molecular flexibility index (Phi) is 9.08. The molecule has 0 amide bonds. The van der Waals surface area contributed by atoms with Gasteiger partial charge in [0.1, 0.15) is 5.75 Å². The normalized spacial score (nSPS) is 14.4. The maximum atomic E-state index is 13.5. The molecule has 2 aromatic rings. The zero-order chi connectivity index (χ0) is 23.1. The number of ether oxygens (including phenoxy) is 1. The van der Waals surface area contributed by atoms with Gasteiger partial charge in [-0.15, -0.1) is 11.3 Å². The number of aryl methyl sites for hydroxylation is 2. The molecule has 1 unspecified atom stereocenters. The van der Waals surface area contributed by atoms with Crippen molar-refractivity contribution in [3.05, 3.63) is 51.7 Å². The number of benzene rings is 1. The minimum absolute atomic E-state index is 0.0311. The molecule has 5 N–H and O–H groups in total. The smallest absolute Gasteiger partial charge is 0.469 e. The van der Waals surface area contributed by atoms with Gasteiger partial charge < -0.3 is 25.4 Å². The second-order valence-electron chi connectivity index (χ2n) is 7.14. The summed E-state index contributed by atoms with van der Waals surface area (Å²) in [5.41, 5.74) is 3.72. The molecule has 0 aliphatic carbocycles. The summed E-state index contributed by atoms with van der Waals surface area (Å²) in [5, 5.41) is 11.4. The van der Waals surface area contributed by atoms with E-state index in [1.54, 1.807) is 11.3 Å². The van der Waals surface area contributed by atoms with Crippen LogP contribution in [0.1, 0.15) is 28.8 Å². The Morgan fingerprint density at radius 2 is 1.90 bits per heavy atom. The SMILES string of the molecule is NC(CO)(CCc1ccc(OCCCc2cccs2)c(C(F)(F)F)c1)COP(=O)(O)O. The lowest BCUT2D eigenvalue weighted by atomic mass is 9.93. The van der Waals surface area contributed by atoms with Crippen LogP contribution in [0.4, 0.5) is 13.2 Å². The zero-order valence-electron chi connectivity index (χ0n) is 16.5. The molecule has 0 aliphatic rings. The lowest BCUT2D eigenvalue weighted by Gasteiger charge is -2.27. The van der Waals surface area contributed by atoms with E-state index in [-0.39, 0.29) is 30.8 Å². The molecule has 0 spiro atoms. The van der Waals surface area contributed by atoms with Gasteiger partial charge in [0.2, 0.25) is 0 Å². The number of hydrogen-bond donors (Lipinski definition) is 4. The van der Waals surface area contributed by atoms with Crippen molar-refractivity contribution < 1.29 is 41.9 Å². The van der Waals surface area contributed by atoms with Crippen LogP contribution in [0.5, 0.6) is 5.75 Å². The Hall–Kier alpha value is -1.46. The molecule has 0 bridgehead atoms. The molecule has 0 radical (unpaired) electrons. The number of thiophene rings is 1. The number of halogens is 3. The van der Waals surface area contributed by atoms with Gasteiger partial charge in [-0.25, -0.2) is 4.57 Å². The molecule has 1 aromatic carbocycles. The Balaban J connectivity index is 2.01. The summed E-state index contributed by atoms with van der Waals surface area (Å²) < 4.78 is 61.1. The van der Waals surface area contributed by atoms with Crippen LogP contribution in [0, 0.1) is 0 Å². The van der Waals surface area contributed by atoms with Crippen molar-refractivity contribution in [2.45, 2.75) is 37.4 Å². The molecule has 7 nitrogen and oxygen atoms in total.